The molecule has 1 fully saturated rings. The van der Waals surface area contributed by atoms with Gasteiger partial charge in [0.1, 0.15) is 0 Å². The van der Waals surface area contributed by atoms with Gasteiger partial charge in [-0.2, -0.15) is 13.2 Å². The summed E-state index contributed by atoms with van der Waals surface area (Å²) in [6, 6.07) is 4.85. The fourth-order valence-corrected chi connectivity index (χ4v) is 1.94. The molecule has 0 spiro atoms. The van der Waals surface area contributed by atoms with E-state index in [0.717, 1.165) is 25.0 Å². The van der Waals surface area contributed by atoms with Gasteiger partial charge in [0.05, 0.1) is 5.56 Å². The van der Waals surface area contributed by atoms with Gasteiger partial charge in [0.15, 0.2) is 0 Å². The molecular formula is C15H16F3NO. The largest absolute Gasteiger partial charge is 0.416 e. The number of hydrogen-bond donors (Lipinski definition) is 1. The van der Waals surface area contributed by atoms with E-state index in [1.807, 2.05) is 6.92 Å². The van der Waals surface area contributed by atoms with Crippen LogP contribution in [0.4, 0.5) is 13.2 Å². The van der Waals surface area contributed by atoms with E-state index < -0.39 is 11.7 Å². The Hall–Kier alpha value is -1.78. The molecule has 20 heavy (non-hydrogen) atoms. The average Bonchev–Trinajstić information content (AvgIpc) is 3.20. The van der Waals surface area contributed by atoms with Crippen molar-refractivity contribution in [1.82, 2.24) is 5.32 Å². The standard InChI is InChI=1S/C15H16F3NO/c1-10(12-5-6-12)19-14(20)9-4-11-2-7-13(8-3-11)15(16,17)18/h2-4,7-10,12H,5-6H2,1H3,(H,19,20)/b9-4+. The second kappa shape index (κ2) is 5.69. The van der Waals surface area contributed by atoms with Gasteiger partial charge in [0.25, 0.3) is 0 Å². The Morgan fingerprint density at radius 3 is 2.40 bits per heavy atom. The van der Waals surface area contributed by atoms with E-state index in [-0.39, 0.29) is 11.9 Å². The summed E-state index contributed by atoms with van der Waals surface area (Å²) in [5, 5.41) is 2.84. The fourth-order valence-electron chi connectivity index (χ4n) is 1.94. The van der Waals surface area contributed by atoms with Crippen molar-refractivity contribution in [2.45, 2.75) is 32.0 Å². The van der Waals surface area contributed by atoms with Crippen molar-refractivity contribution < 1.29 is 18.0 Å². The van der Waals surface area contributed by atoms with Crippen molar-refractivity contribution in [1.29, 1.82) is 0 Å². The molecule has 0 aliphatic heterocycles. The molecule has 1 atom stereocenters. The molecule has 0 saturated heterocycles. The number of rotatable bonds is 4. The van der Waals surface area contributed by atoms with Crippen LogP contribution in [0.5, 0.6) is 0 Å². The van der Waals surface area contributed by atoms with Crippen LogP contribution in [0, 0.1) is 5.92 Å². The summed E-state index contributed by atoms with van der Waals surface area (Å²) in [5.74, 6) is 0.350. The number of amides is 1. The Bertz CT molecular complexity index is 501. The minimum absolute atomic E-state index is 0.153. The molecule has 1 aromatic rings. The van der Waals surface area contributed by atoms with E-state index in [4.69, 9.17) is 0 Å². The Labute approximate surface area is 115 Å². The van der Waals surface area contributed by atoms with E-state index in [0.29, 0.717) is 11.5 Å². The summed E-state index contributed by atoms with van der Waals surface area (Å²) < 4.78 is 37.1. The molecule has 0 bridgehead atoms. The normalized spacial score (nSPS) is 17.2. The van der Waals surface area contributed by atoms with Crippen molar-refractivity contribution in [3.8, 4) is 0 Å². The molecule has 1 unspecified atom stereocenters. The zero-order valence-corrected chi connectivity index (χ0v) is 11.1. The lowest BCUT2D eigenvalue weighted by atomic mass is 10.1. The third-order valence-electron chi connectivity index (χ3n) is 3.36. The summed E-state index contributed by atoms with van der Waals surface area (Å²) in [7, 11) is 0. The first-order chi connectivity index (χ1) is 9.36. The van der Waals surface area contributed by atoms with Crippen LogP contribution in [-0.4, -0.2) is 11.9 Å². The Morgan fingerprint density at radius 1 is 1.30 bits per heavy atom. The second-order valence-corrected chi connectivity index (χ2v) is 5.09. The van der Waals surface area contributed by atoms with Crippen LogP contribution in [0.3, 0.4) is 0 Å². The summed E-state index contributed by atoms with van der Waals surface area (Å²) in [6.07, 6.45) is 0.810. The van der Waals surface area contributed by atoms with Crippen molar-refractivity contribution in [3.05, 3.63) is 41.5 Å². The highest BCUT2D eigenvalue weighted by Gasteiger charge is 2.30. The van der Waals surface area contributed by atoms with Gasteiger partial charge in [0.2, 0.25) is 5.91 Å². The molecule has 1 aliphatic rings. The van der Waals surface area contributed by atoms with Crippen LogP contribution in [0.1, 0.15) is 30.9 Å². The molecule has 5 heteroatoms. The molecule has 1 saturated carbocycles. The van der Waals surface area contributed by atoms with Crippen LogP contribution in [0.25, 0.3) is 6.08 Å². The molecule has 0 radical (unpaired) electrons. The molecule has 0 aromatic heterocycles. The third kappa shape index (κ3) is 4.11. The lowest BCUT2D eigenvalue weighted by Gasteiger charge is -2.10. The van der Waals surface area contributed by atoms with E-state index in [1.54, 1.807) is 0 Å². The van der Waals surface area contributed by atoms with Crippen LogP contribution in [0.2, 0.25) is 0 Å². The van der Waals surface area contributed by atoms with E-state index >= 15 is 0 Å². The van der Waals surface area contributed by atoms with Gasteiger partial charge in [0, 0.05) is 12.1 Å². The maximum Gasteiger partial charge on any atom is 0.416 e. The predicted molar refractivity (Wildman–Crippen MR) is 70.8 cm³/mol. The smallest absolute Gasteiger partial charge is 0.350 e. The van der Waals surface area contributed by atoms with Crippen molar-refractivity contribution in [2.24, 2.45) is 5.92 Å². The number of carbonyl (C=O) groups excluding carboxylic acids is 1. The van der Waals surface area contributed by atoms with Gasteiger partial charge >= 0.3 is 6.18 Å². The highest BCUT2D eigenvalue weighted by atomic mass is 19.4. The average molecular weight is 283 g/mol. The SMILES string of the molecule is CC(NC(=O)/C=C/c1ccc(C(F)(F)F)cc1)C1CC1. The highest BCUT2D eigenvalue weighted by Crippen LogP contribution is 2.32. The molecule has 2 rings (SSSR count). The first-order valence-corrected chi connectivity index (χ1v) is 6.52. The molecule has 1 amide bonds. The molecule has 1 aliphatic carbocycles. The van der Waals surface area contributed by atoms with Gasteiger partial charge in [-0.25, -0.2) is 0 Å². The number of hydrogen-bond acceptors (Lipinski definition) is 1. The molecular weight excluding hydrogens is 267 g/mol. The van der Waals surface area contributed by atoms with Gasteiger partial charge in [-0.15, -0.1) is 0 Å². The Kier molecular flexibility index (Phi) is 4.16. The number of carbonyl (C=O) groups is 1. The topological polar surface area (TPSA) is 29.1 Å². The zero-order chi connectivity index (χ0) is 14.8. The van der Waals surface area contributed by atoms with Gasteiger partial charge < -0.3 is 5.32 Å². The lowest BCUT2D eigenvalue weighted by molar-refractivity contribution is -0.137. The highest BCUT2D eigenvalue weighted by molar-refractivity contribution is 5.91. The molecule has 1 N–H and O–H groups in total. The number of alkyl halides is 3. The third-order valence-corrected chi connectivity index (χ3v) is 3.36. The minimum Gasteiger partial charge on any atom is -0.350 e. The number of benzene rings is 1. The van der Waals surface area contributed by atoms with Gasteiger partial charge in [-0.05, 0) is 49.5 Å². The van der Waals surface area contributed by atoms with Crippen LogP contribution >= 0.6 is 0 Å². The molecule has 1 aromatic carbocycles. The monoisotopic (exact) mass is 283 g/mol. The minimum atomic E-state index is -4.33. The molecule has 0 heterocycles. The molecule has 2 nitrogen and oxygen atoms in total. The van der Waals surface area contributed by atoms with Crippen molar-refractivity contribution in [3.63, 3.8) is 0 Å². The van der Waals surface area contributed by atoms with Crippen molar-refractivity contribution in [2.75, 3.05) is 0 Å². The van der Waals surface area contributed by atoms with E-state index in [1.165, 1.54) is 24.3 Å². The van der Waals surface area contributed by atoms with Crippen LogP contribution in [-0.2, 0) is 11.0 Å². The summed E-state index contributed by atoms with van der Waals surface area (Å²) in [4.78, 5) is 11.6. The first kappa shape index (κ1) is 14.6. The van der Waals surface area contributed by atoms with Crippen LogP contribution in [0.15, 0.2) is 30.3 Å². The van der Waals surface area contributed by atoms with E-state index in [2.05, 4.69) is 5.32 Å². The first-order valence-electron chi connectivity index (χ1n) is 6.52. The second-order valence-electron chi connectivity index (χ2n) is 5.09. The van der Waals surface area contributed by atoms with Gasteiger partial charge in [-0.3, -0.25) is 4.79 Å². The number of nitrogens with one attached hydrogen (secondary N) is 1. The van der Waals surface area contributed by atoms with E-state index in [9.17, 15) is 18.0 Å². The predicted octanol–water partition coefficient (Wildman–Crippen LogP) is 3.63. The maximum absolute atomic E-state index is 12.4. The lowest BCUT2D eigenvalue weighted by Crippen LogP contribution is -2.32. The maximum atomic E-state index is 12.4. The summed E-state index contributed by atoms with van der Waals surface area (Å²) >= 11 is 0. The fraction of sp³-hybridized carbons (Fsp3) is 0.400. The quantitative estimate of drug-likeness (QED) is 0.840. The Morgan fingerprint density at radius 2 is 1.90 bits per heavy atom. The summed E-state index contributed by atoms with van der Waals surface area (Å²) in [5.41, 5.74) is -0.131. The zero-order valence-electron chi connectivity index (χ0n) is 11.1. The molecule has 108 valence electrons. The summed E-state index contributed by atoms with van der Waals surface area (Å²) in [6.45, 7) is 1.96. The van der Waals surface area contributed by atoms with Gasteiger partial charge in [-0.1, -0.05) is 12.1 Å². The van der Waals surface area contributed by atoms with Crippen molar-refractivity contribution >= 4 is 12.0 Å². The Balaban J connectivity index is 1.91. The van der Waals surface area contributed by atoms with Crippen LogP contribution < -0.4 is 5.32 Å². The number of halogens is 3.